The van der Waals surface area contributed by atoms with E-state index in [2.05, 4.69) is 0 Å². The van der Waals surface area contributed by atoms with E-state index >= 15 is 0 Å². The number of para-hydroxylation sites is 1. The Balaban J connectivity index is 0.00000144. The van der Waals surface area contributed by atoms with Gasteiger partial charge >= 0.3 is 5.97 Å². The van der Waals surface area contributed by atoms with Crippen LogP contribution in [-0.4, -0.2) is 53.7 Å². The Hall–Kier alpha value is -0.650. The smallest absolute Gasteiger partial charge is 0.342 e. The predicted octanol–water partition coefficient (Wildman–Crippen LogP) is 0.912. The molecule has 0 aliphatic rings. The summed E-state index contributed by atoms with van der Waals surface area (Å²) in [6.07, 6.45) is 0. The molecule has 0 aliphatic carbocycles. The molecule has 1 N–H and O–H groups in total. The maximum absolute atomic E-state index is 10.4. The Bertz CT molecular complexity index is 306. The van der Waals surface area contributed by atoms with Gasteiger partial charge in [-0.1, -0.05) is 12.1 Å². The van der Waals surface area contributed by atoms with Crippen molar-refractivity contribution in [2.75, 3.05) is 0 Å². The summed E-state index contributed by atoms with van der Waals surface area (Å²) in [5.41, 5.74) is -0.674. The molecule has 0 aliphatic heterocycles. The van der Waals surface area contributed by atoms with E-state index in [0.717, 1.165) is 6.07 Å². The molecule has 0 amide bonds. The molecule has 13 heavy (non-hydrogen) atoms. The van der Waals surface area contributed by atoms with E-state index in [9.17, 15) is 14.9 Å². The van der Waals surface area contributed by atoms with Crippen molar-refractivity contribution in [3.05, 3.63) is 39.9 Å². The Kier molecular flexibility index (Phi) is 4.90. The molecule has 0 spiro atoms. The Labute approximate surface area is 104 Å². The summed E-state index contributed by atoms with van der Waals surface area (Å²) >= 11 is 0. The van der Waals surface area contributed by atoms with Crippen molar-refractivity contribution in [2.24, 2.45) is 0 Å². The number of nitro groups is 1. The van der Waals surface area contributed by atoms with Gasteiger partial charge in [0, 0.05) is 43.8 Å². The standard InChI is InChI=1S/C7H5NO4.Ca/c9-7(10)5-3-1-2-4-6(5)8(11)12;/h1-4H,(H,9,10);. The van der Waals surface area contributed by atoms with Crippen molar-refractivity contribution in [1.29, 1.82) is 0 Å². The molecular formula is C7H5CaNO4. The molecule has 0 saturated heterocycles. The Morgan fingerprint density at radius 1 is 1.38 bits per heavy atom. The number of aromatic carboxylic acids is 1. The predicted molar refractivity (Wildman–Crippen MR) is 45.8 cm³/mol. The second-order valence-corrected chi connectivity index (χ2v) is 2.08. The van der Waals surface area contributed by atoms with Crippen LogP contribution in [0.15, 0.2) is 24.3 Å². The van der Waals surface area contributed by atoms with E-state index in [1.165, 1.54) is 18.2 Å². The minimum Gasteiger partial charge on any atom is -0.477 e. The molecule has 0 unspecified atom stereocenters. The van der Waals surface area contributed by atoms with Crippen LogP contribution in [0.5, 0.6) is 0 Å². The molecule has 64 valence electrons. The first-order valence-electron chi connectivity index (χ1n) is 3.09. The van der Waals surface area contributed by atoms with Crippen LogP contribution in [-0.2, 0) is 0 Å². The molecule has 0 fully saturated rings. The Morgan fingerprint density at radius 3 is 2.31 bits per heavy atom. The number of carboxylic acids is 1. The number of carboxylic acid groups (broad SMARTS) is 1. The zero-order chi connectivity index (χ0) is 9.14. The fourth-order valence-corrected chi connectivity index (χ4v) is 0.814. The molecule has 0 saturated carbocycles. The van der Waals surface area contributed by atoms with E-state index in [4.69, 9.17) is 5.11 Å². The second-order valence-electron chi connectivity index (χ2n) is 2.08. The van der Waals surface area contributed by atoms with E-state index in [1.54, 1.807) is 0 Å². The minimum absolute atomic E-state index is 0. The van der Waals surface area contributed by atoms with Crippen LogP contribution in [0.2, 0.25) is 0 Å². The minimum atomic E-state index is -1.29. The van der Waals surface area contributed by atoms with Crippen LogP contribution in [0.25, 0.3) is 0 Å². The van der Waals surface area contributed by atoms with Crippen molar-refractivity contribution in [2.45, 2.75) is 0 Å². The molecule has 0 aromatic heterocycles. The van der Waals surface area contributed by atoms with E-state index in [-0.39, 0.29) is 49.0 Å². The molecule has 2 radical (unpaired) electrons. The summed E-state index contributed by atoms with van der Waals surface area (Å²) in [4.78, 5) is 20.0. The van der Waals surface area contributed by atoms with Crippen molar-refractivity contribution in [3.63, 3.8) is 0 Å². The van der Waals surface area contributed by atoms with Crippen LogP contribution in [0.1, 0.15) is 10.4 Å². The average Bonchev–Trinajstić information content (AvgIpc) is 2.04. The average molecular weight is 207 g/mol. The number of nitrogens with zero attached hydrogens (tertiary/aromatic N) is 1. The SMILES string of the molecule is O=C(O)c1ccccc1[N+](=O)[O-].[Ca]. The third-order valence-electron chi connectivity index (χ3n) is 1.33. The van der Waals surface area contributed by atoms with Gasteiger partial charge in [-0.3, -0.25) is 10.1 Å². The topological polar surface area (TPSA) is 80.4 Å². The van der Waals surface area contributed by atoms with Crippen molar-refractivity contribution < 1.29 is 14.8 Å². The second kappa shape index (κ2) is 5.16. The van der Waals surface area contributed by atoms with Gasteiger partial charge in [0.15, 0.2) is 0 Å². The van der Waals surface area contributed by atoms with Crippen LogP contribution in [0.4, 0.5) is 5.69 Å². The van der Waals surface area contributed by atoms with Gasteiger partial charge in [0.1, 0.15) is 5.56 Å². The molecule has 6 heteroatoms. The molecule has 1 aromatic carbocycles. The van der Waals surface area contributed by atoms with Gasteiger partial charge in [-0.05, 0) is 6.07 Å². The van der Waals surface area contributed by atoms with Crippen LogP contribution < -0.4 is 0 Å². The Morgan fingerprint density at radius 2 is 1.92 bits per heavy atom. The van der Waals surface area contributed by atoms with E-state index < -0.39 is 10.9 Å². The van der Waals surface area contributed by atoms with Crippen molar-refractivity contribution in [3.8, 4) is 0 Å². The largest absolute Gasteiger partial charge is 0.477 e. The number of hydrogen-bond acceptors (Lipinski definition) is 3. The number of nitro benzene ring substituents is 1. The summed E-state index contributed by atoms with van der Waals surface area (Å²) in [6, 6.07) is 5.21. The fourth-order valence-electron chi connectivity index (χ4n) is 0.814. The van der Waals surface area contributed by atoms with Crippen LogP contribution in [0, 0.1) is 10.1 Å². The van der Waals surface area contributed by atoms with Gasteiger partial charge < -0.3 is 5.11 Å². The summed E-state index contributed by atoms with van der Waals surface area (Å²) in [7, 11) is 0. The summed E-state index contributed by atoms with van der Waals surface area (Å²) in [5, 5.41) is 18.8. The first kappa shape index (κ1) is 12.3. The first-order chi connectivity index (χ1) is 5.63. The summed E-state index contributed by atoms with van der Waals surface area (Å²) in [5.74, 6) is -1.29. The molecule has 5 nitrogen and oxygen atoms in total. The van der Waals surface area contributed by atoms with Gasteiger partial charge in [0.25, 0.3) is 5.69 Å². The van der Waals surface area contributed by atoms with E-state index in [0.29, 0.717) is 0 Å². The molecular weight excluding hydrogens is 202 g/mol. The van der Waals surface area contributed by atoms with Gasteiger partial charge in [0.05, 0.1) is 4.92 Å². The van der Waals surface area contributed by atoms with Gasteiger partial charge in [-0.25, -0.2) is 4.79 Å². The molecule has 0 atom stereocenters. The van der Waals surface area contributed by atoms with Gasteiger partial charge in [-0.15, -0.1) is 0 Å². The first-order valence-corrected chi connectivity index (χ1v) is 3.09. The maximum atomic E-state index is 10.4. The summed E-state index contributed by atoms with van der Waals surface area (Å²) < 4.78 is 0. The van der Waals surface area contributed by atoms with Crippen LogP contribution in [0.3, 0.4) is 0 Å². The van der Waals surface area contributed by atoms with Gasteiger partial charge in [0.2, 0.25) is 0 Å². The quantitative estimate of drug-likeness (QED) is 0.444. The normalized spacial score (nSPS) is 8.62. The zero-order valence-electron chi connectivity index (χ0n) is 6.64. The number of benzene rings is 1. The number of rotatable bonds is 2. The monoisotopic (exact) mass is 207 g/mol. The summed E-state index contributed by atoms with van der Waals surface area (Å²) in [6.45, 7) is 0. The number of hydrogen-bond donors (Lipinski definition) is 1. The van der Waals surface area contributed by atoms with E-state index in [1.807, 2.05) is 0 Å². The van der Waals surface area contributed by atoms with Crippen molar-refractivity contribution >= 4 is 49.4 Å². The number of carbonyl (C=O) groups is 1. The molecule has 1 rings (SSSR count). The zero-order valence-corrected chi connectivity index (χ0v) is 8.84. The fraction of sp³-hybridized carbons (Fsp3) is 0. The third-order valence-corrected chi connectivity index (χ3v) is 1.33. The van der Waals surface area contributed by atoms with Gasteiger partial charge in [-0.2, -0.15) is 0 Å². The molecule has 1 aromatic rings. The molecule has 0 bridgehead atoms. The third kappa shape index (κ3) is 2.95. The van der Waals surface area contributed by atoms with Crippen LogP contribution >= 0.6 is 0 Å². The maximum Gasteiger partial charge on any atom is 0.342 e. The molecule has 0 heterocycles. The van der Waals surface area contributed by atoms with Crippen molar-refractivity contribution in [1.82, 2.24) is 0 Å².